The van der Waals surface area contributed by atoms with Crippen molar-refractivity contribution in [3.63, 3.8) is 0 Å². The molecule has 0 saturated carbocycles. The summed E-state index contributed by atoms with van der Waals surface area (Å²) in [5.74, 6) is 1.85. The van der Waals surface area contributed by atoms with Gasteiger partial charge in [-0.25, -0.2) is 0 Å². The number of fused-ring (bicyclic) bond motifs is 2. The molecule has 2 bridgehead atoms. The molecule has 1 heteroatoms. The molecule has 4 atom stereocenters. The summed E-state index contributed by atoms with van der Waals surface area (Å²) in [7, 11) is 0. The molecule has 17 heavy (non-hydrogen) atoms. The number of benzene rings is 1. The third kappa shape index (κ3) is 1.17. The second kappa shape index (κ2) is 3.19. The van der Waals surface area contributed by atoms with Gasteiger partial charge in [-0.1, -0.05) is 42.5 Å². The highest BCUT2D eigenvalue weighted by atomic mass is 16.1. The summed E-state index contributed by atoms with van der Waals surface area (Å²) in [5.41, 5.74) is 2.92. The monoisotopic (exact) mass is 222 g/mol. The molecule has 1 aromatic rings. The van der Waals surface area contributed by atoms with Gasteiger partial charge in [-0.05, 0) is 35.5 Å². The van der Waals surface area contributed by atoms with Gasteiger partial charge in [-0.2, -0.15) is 0 Å². The van der Waals surface area contributed by atoms with Crippen LogP contribution in [-0.4, -0.2) is 5.78 Å². The highest BCUT2D eigenvalue weighted by Gasteiger charge is 2.45. The van der Waals surface area contributed by atoms with Crippen LogP contribution in [0.15, 0.2) is 48.6 Å². The normalized spacial score (nSPS) is 36.8. The largest absolute Gasteiger partial charge is 0.294 e. The minimum Gasteiger partial charge on any atom is -0.294 e. The van der Waals surface area contributed by atoms with Crippen LogP contribution in [0.3, 0.4) is 0 Å². The summed E-state index contributed by atoms with van der Waals surface area (Å²) in [6.45, 7) is 0. The zero-order chi connectivity index (χ0) is 11.4. The molecule has 1 nitrogen and oxygen atoms in total. The minimum atomic E-state index is 0.113. The molecule has 0 saturated heterocycles. The molecule has 5 rings (SSSR count). The van der Waals surface area contributed by atoms with Crippen LogP contribution in [0, 0.1) is 17.8 Å². The molecule has 4 aliphatic carbocycles. The SMILES string of the molecule is O=C1C=CC2C=CC1C1Cc3ccccc3C21. The van der Waals surface area contributed by atoms with Crippen molar-refractivity contribution in [3.05, 3.63) is 59.7 Å². The zero-order valence-corrected chi connectivity index (χ0v) is 9.54. The Bertz CT molecular complexity index is 552. The number of hydrogen-bond donors (Lipinski definition) is 0. The minimum absolute atomic E-state index is 0.113. The standard InChI is InChI=1S/C16H14O/c17-15-8-6-10-5-7-13(15)14-9-11-3-1-2-4-12(11)16(10)14/h1-8,10,13-14,16H,9H2. The summed E-state index contributed by atoms with van der Waals surface area (Å²) in [4.78, 5) is 12.0. The van der Waals surface area contributed by atoms with Gasteiger partial charge >= 0.3 is 0 Å². The molecule has 0 N–H and O–H groups in total. The van der Waals surface area contributed by atoms with E-state index in [9.17, 15) is 4.79 Å². The van der Waals surface area contributed by atoms with Crippen molar-refractivity contribution in [2.24, 2.45) is 17.8 Å². The highest BCUT2D eigenvalue weighted by Crippen LogP contribution is 2.51. The lowest BCUT2D eigenvalue weighted by atomic mass is 9.72. The third-order valence-corrected chi connectivity index (χ3v) is 4.56. The molecule has 0 radical (unpaired) electrons. The Balaban J connectivity index is 1.90. The number of hydrogen-bond acceptors (Lipinski definition) is 1. The Morgan fingerprint density at radius 2 is 1.94 bits per heavy atom. The maximum Gasteiger partial charge on any atom is 0.162 e. The van der Waals surface area contributed by atoms with Gasteiger partial charge in [0.2, 0.25) is 0 Å². The van der Waals surface area contributed by atoms with Gasteiger partial charge in [-0.15, -0.1) is 0 Å². The third-order valence-electron chi connectivity index (χ3n) is 4.56. The number of rotatable bonds is 0. The predicted molar refractivity (Wildman–Crippen MR) is 66.6 cm³/mol. The zero-order valence-electron chi connectivity index (χ0n) is 9.54. The lowest BCUT2D eigenvalue weighted by Gasteiger charge is -2.31. The number of allylic oxidation sites excluding steroid dienone is 4. The van der Waals surface area contributed by atoms with Crippen LogP contribution in [-0.2, 0) is 11.2 Å². The lowest BCUT2D eigenvalue weighted by molar-refractivity contribution is -0.118. The van der Waals surface area contributed by atoms with Crippen LogP contribution in [0.1, 0.15) is 17.0 Å². The van der Waals surface area contributed by atoms with Crippen molar-refractivity contribution in [1.82, 2.24) is 0 Å². The maximum atomic E-state index is 12.0. The van der Waals surface area contributed by atoms with Crippen molar-refractivity contribution in [3.8, 4) is 0 Å². The van der Waals surface area contributed by atoms with Gasteiger partial charge in [0.1, 0.15) is 0 Å². The summed E-state index contributed by atoms with van der Waals surface area (Å²) in [5, 5.41) is 0. The molecule has 0 aliphatic heterocycles. The molecule has 4 aliphatic rings. The van der Waals surface area contributed by atoms with Crippen molar-refractivity contribution in [2.75, 3.05) is 0 Å². The van der Waals surface area contributed by atoms with E-state index < -0.39 is 0 Å². The van der Waals surface area contributed by atoms with Gasteiger partial charge in [0, 0.05) is 11.8 Å². The van der Waals surface area contributed by atoms with Gasteiger partial charge < -0.3 is 0 Å². The van der Waals surface area contributed by atoms with E-state index in [2.05, 4.69) is 42.5 Å². The molecule has 0 spiro atoms. The van der Waals surface area contributed by atoms with Crippen LogP contribution in [0.5, 0.6) is 0 Å². The molecule has 4 unspecified atom stereocenters. The Hall–Kier alpha value is -1.63. The van der Waals surface area contributed by atoms with Crippen LogP contribution in [0.2, 0.25) is 0 Å². The van der Waals surface area contributed by atoms with Crippen molar-refractivity contribution >= 4 is 5.78 Å². The Morgan fingerprint density at radius 3 is 2.88 bits per heavy atom. The topological polar surface area (TPSA) is 17.1 Å². The molecule has 84 valence electrons. The second-order valence-electron chi connectivity index (χ2n) is 5.34. The number of ketones is 1. The maximum absolute atomic E-state index is 12.0. The average molecular weight is 222 g/mol. The smallest absolute Gasteiger partial charge is 0.162 e. The van der Waals surface area contributed by atoms with Crippen molar-refractivity contribution in [2.45, 2.75) is 12.3 Å². The van der Waals surface area contributed by atoms with E-state index in [1.54, 1.807) is 6.08 Å². The first-order valence-corrected chi connectivity index (χ1v) is 6.33. The van der Waals surface area contributed by atoms with Crippen LogP contribution in [0.25, 0.3) is 0 Å². The Labute approximate surface area is 101 Å². The van der Waals surface area contributed by atoms with Gasteiger partial charge in [0.15, 0.2) is 5.78 Å². The molecule has 0 heterocycles. The van der Waals surface area contributed by atoms with Crippen molar-refractivity contribution in [1.29, 1.82) is 0 Å². The van der Waals surface area contributed by atoms with E-state index in [0.29, 0.717) is 23.5 Å². The molecule has 0 fully saturated rings. The van der Waals surface area contributed by atoms with E-state index in [-0.39, 0.29) is 5.92 Å². The first kappa shape index (κ1) is 9.41. The van der Waals surface area contributed by atoms with E-state index in [4.69, 9.17) is 0 Å². The quantitative estimate of drug-likeness (QED) is 0.617. The number of carbonyl (C=O) groups is 1. The predicted octanol–water partition coefficient (Wildman–Crippen LogP) is 2.88. The molecule has 1 aromatic carbocycles. The van der Waals surface area contributed by atoms with E-state index >= 15 is 0 Å². The van der Waals surface area contributed by atoms with E-state index in [1.807, 2.05) is 0 Å². The summed E-state index contributed by atoms with van der Waals surface area (Å²) in [6.07, 6.45) is 9.34. The fourth-order valence-corrected chi connectivity index (χ4v) is 3.82. The van der Waals surface area contributed by atoms with Gasteiger partial charge in [-0.3, -0.25) is 4.79 Å². The molecule has 0 aromatic heterocycles. The van der Waals surface area contributed by atoms with Crippen molar-refractivity contribution < 1.29 is 4.79 Å². The summed E-state index contributed by atoms with van der Waals surface area (Å²) >= 11 is 0. The number of carbonyl (C=O) groups excluding carboxylic acids is 1. The van der Waals surface area contributed by atoms with Gasteiger partial charge in [0.25, 0.3) is 0 Å². The first-order chi connectivity index (χ1) is 8.34. The average Bonchev–Trinajstić information content (AvgIpc) is 2.59. The highest BCUT2D eigenvalue weighted by molar-refractivity contribution is 5.94. The Kier molecular flexibility index (Phi) is 1.77. The van der Waals surface area contributed by atoms with E-state index in [0.717, 1.165) is 6.42 Å². The van der Waals surface area contributed by atoms with E-state index in [1.165, 1.54) is 11.1 Å². The molecule has 0 amide bonds. The van der Waals surface area contributed by atoms with Gasteiger partial charge in [0.05, 0.1) is 0 Å². The van der Waals surface area contributed by atoms with Crippen LogP contribution >= 0.6 is 0 Å². The lowest BCUT2D eigenvalue weighted by Crippen LogP contribution is -2.28. The fraction of sp³-hybridized carbons (Fsp3) is 0.312. The fourth-order valence-electron chi connectivity index (χ4n) is 3.82. The second-order valence-corrected chi connectivity index (χ2v) is 5.34. The van der Waals surface area contributed by atoms with Crippen LogP contribution < -0.4 is 0 Å². The summed E-state index contributed by atoms with van der Waals surface area (Å²) in [6, 6.07) is 8.69. The molecular weight excluding hydrogens is 208 g/mol. The van der Waals surface area contributed by atoms with Crippen LogP contribution in [0.4, 0.5) is 0 Å². The Morgan fingerprint density at radius 1 is 1.06 bits per heavy atom. The summed E-state index contributed by atoms with van der Waals surface area (Å²) < 4.78 is 0. The first-order valence-electron chi connectivity index (χ1n) is 6.33. The molecular formula is C16H14O.